The van der Waals surface area contributed by atoms with Crippen LogP contribution < -0.4 is 19.7 Å². The van der Waals surface area contributed by atoms with Gasteiger partial charge < -0.3 is 14.8 Å². The van der Waals surface area contributed by atoms with Crippen LogP contribution >= 0.6 is 11.3 Å². The predicted molar refractivity (Wildman–Crippen MR) is 157 cm³/mol. The highest BCUT2D eigenvalue weighted by Crippen LogP contribution is 2.40. The highest BCUT2D eigenvalue weighted by molar-refractivity contribution is 7.10. The summed E-state index contributed by atoms with van der Waals surface area (Å²) in [4.78, 5) is 31.1. The zero-order chi connectivity index (χ0) is 28.8. The smallest absolute Gasteiger partial charge is 0.248 e. The molecule has 1 aliphatic rings. The van der Waals surface area contributed by atoms with Gasteiger partial charge in [-0.3, -0.25) is 14.5 Å². The first-order chi connectivity index (χ1) is 20.0. The van der Waals surface area contributed by atoms with E-state index in [9.17, 15) is 9.59 Å². The largest absolute Gasteiger partial charge is 0.493 e. The first-order valence-electron chi connectivity index (χ1n) is 13.7. The molecular weight excluding hydrogens is 540 g/mol. The van der Waals surface area contributed by atoms with Gasteiger partial charge in [-0.15, -0.1) is 16.4 Å². The van der Waals surface area contributed by atoms with Crippen molar-refractivity contribution in [2.45, 2.75) is 57.5 Å². The molecule has 11 heteroatoms. The summed E-state index contributed by atoms with van der Waals surface area (Å²) in [7, 11) is 3.10. The minimum absolute atomic E-state index is 0.0496. The number of para-hydroxylation sites is 1. The van der Waals surface area contributed by atoms with Crippen LogP contribution in [0.25, 0.3) is 5.69 Å². The molecule has 0 aliphatic heterocycles. The van der Waals surface area contributed by atoms with E-state index < -0.39 is 6.04 Å². The fraction of sp³-hybridized carbons (Fsp3) is 0.367. The van der Waals surface area contributed by atoms with E-state index in [1.807, 2.05) is 54.8 Å². The molecule has 0 radical (unpaired) electrons. The van der Waals surface area contributed by atoms with E-state index >= 15 is 0 Å². The maximum atomic E-state index is 14.3. The number of rotatable bonds is 10. The molecule has 2 aromatic heterocycles. The molecule has 1 atom stereocenters. The number of carbonyl (C=O) groups is 2. The Morgan fingerprint density at radius 1 is 1.10 bits per heavy atom. The summed E-state index contributed by atoms with van der Waals surface area (Å²) in [6, 6.07) is 13.9. The number of aryl methyl sites for hydroxylation is 1. The number of methoxy groups -OCH3 is 2. The van der Waals surface area contributed by atoms with Gasteiger partial charge in [0.2, 0.25) is 11.8 Å². The molecule has 2 amide bonds. The lowest BCUT2D eigenvalue weighted by molar-refractivity contribution is -0.127. The van der Waals surface area contributed by atoms with Gasteiger partial charge in [0.05, 0.1) is 26.3 Å². The molecule has 1 aliphatic carbocycles. The van der Waals surface area contributed by atoms with Crippen LogP contribution in [0, 0.1) is 6.92 Å². The fourth-order valence-electron chi connectivity index (χ4n) is 5.45. The number of hydrogen-bond donors (Lipinski definition) is 1. The summed E-state index contributed by atoms with van der Waals surface area (Å²) in [6.45, 7) is 1.92. The van der Waals surface area contributed by atoms with Gasteiger partial charge in [0.1, 0.15) is 12.4 Å². The highest BCUT2D eigenvalue weighted by atomic mass is 32.1. The van der Waals surface area contributed by atoms with Crippen LogP contribution in [-0.4, -0.2) is 52.3 Å². The number of ether oxygens (including phenoxy) is 2. The van der Waals surface area contributed by atoms with Crippen molar-refractivity contribution in [1.82, 2.24) is 25.5 Å². The molecule has 2 heterocycles. The van der Waals surface area contributed by atoms with Crippen LogP contribution in [0.3, 0.4) is 0 Å². The van der Waals surface area contributed by atoms with Crippen molar-refractivity contribution in [2.24, 2.45) is 0 Å². The molecule has 0 bridgehead atoms. The van der Waals surface area contributed by atoms with Gasteiger partial charge in [0, 0.05) is 22.2 Å². The summed E-state index contributed by atoms with van der Waals surface area (Å²) in [6.07, 6.45) is 6.78. The number of nitrogens with one attached hydrogen (secondary N) is 1. The van der Waals surface area contributed by atoms with E-state index in [1.54, 1.807) is 29.9 Å². The van der Waals surface area contributed by atoms with E-state index in [0.29, 0.717) is 22.7 Å². The van der Waals surface area contributed by atoms with Crippen molar-refractivity contribution in [2.75, 3.05) is 19.1 Å². The lowest BCUT2D eigenvalue weighted by Gasteiger charge is -2.34. The number of anilines is 1. The normalized spacial score (nSPS) is 14.3. The molecule has 4 aromatic rings. The van der Waals surface area contributed by atoms with Crippen LogP contribution in [0.2, 0.25) is 0 Å². The van der Waals surface area contributed by atoms with Crippen LogP contribution in [0.5, 0.6) is 11.5 Å². The van der Waals surface area contributed by atoms with Crippen molar-refractivity contribution in [3.05, 3.63) is 76.2 Å². The molecule has 2 aromatic carbocycles. The van der Waals surface area contributed by atoms with Gasteiger partial charge in [-0.25, -0.2) is 4.68 Å². The van der Waals surface area contributed by atoms with Gasteiger partial charge in [-0.1, -0.05) is 37.5 Å². The van der Waals surface area contributed by atoms with E-state index in [-0.39, 0.29) is 24.3 Å². The number of tetrazole rings is 1. The summed E-state index contributed by atoms with van der Waals surface area (Å²) < 4.78 is 12.9. The maximum absolute atomic E-state index is 14.3. The standard InChI is InChI=1S/C30H34N6O4S/c1-20-17-22(14-15-25(20)35-19-31-33-34-35)36(27(37)18-23-11-8-16-41-23)28(30(38)32-21-9-5-4-6-10-21)24-12-7-13-26(39-2)29(24)40-3/h7-8,11-17,19,21,28H,4-6,9-10,18H2,1-3H3,(H,32,38). The predicted octanol–water partition coefficient (Wildman–Crippen LogP) is 4.82. The Kier molecular flexibility index (Phi) is 8.93. The summed E-state index contributed by atoms with van der Waals surface area (Å²) in [5, 5.41) is 16.7. The van der Waals surface area contributed by atoms with Crippen molar-refractivity contribution in [1.29, 1.82) is 0 Å². The number of carbonyl (C=O) groups excluding carboxylic acids is 2. The fourth-order valence-corrected chi connectivity index (χ4v) is 6.15. The molecule has 1 fully saturated rings. The first kappa shape index (κ1) is 28.3. The Labute approximate surface area is 243 Å². The third-order valence-corrected chi connectivity index (χ3v) is 8.29. The Balaban J connectivity index is 1.64. The summed E-state index contributed by atoms with van der Waals surface area (Å²) >= 11 is 1.51. The van der Waals surface area contributed by atoms with E-state index in [2.05, 4.69) is 20.8 Å². The number of aromatic nitrogens is 4. The first-order valence-corrected chi connectivity index (χ1v) is 14.6. The van der Waals surface area contributed by atoms with Crippen LogP contribution in [0.1, 0.15) is 54.1 Å². The number of nitrogens with zero attached hydrogens (tertiary/aromatic N) is 5. The molecule has 1 unspecified atom stereocenters. The van der Waals surface area contributed by atoms with Crippen molar-refractivity contribution in [3.8, 4) is 17.2 Å². The lowest BCUT2D eigenvalue weighted by Crippen LogP contribution is -2.47. The zero-order valence-electron chi connectivity index (χ0n) is 23.4. The SMILES string of the molecule is COc1cccc(C(C(=O)NC2CCCCC2)N(C(=O)Cc2cccs2)c2ccc(-n3cnnn3)c(C)c2)c1OC. The van der Waals surface area contributed by atoms with Crippen LogP contribution in [0.15, 0.2) is 60.2 Å². The van der Waals surface area contributed by atoms with E-state index in [1.165, 1.54) is 17.7 Å². The maximum Gasteiger partial charge on any atom is 0.248 e. The number of hydrogen-bond acceptors (Lipinski definition) is 8. The van der Waals surface area contributed by atoms with Crippen LogP contribution in [-0.2, 0) is 16.0 Å². The molecule has 5 rings (SSSR count). The number of amides is 2. The lowest BCUT2D eigenvalue weighted by atomic mass is 9.94. The zero-order valence-corrected chi connectivity index (χ0v) is 24.3. The van der Waals surface area contributed by atoms with Gasteiger partial charge in [0.15, 0.2) is 11.5 Å². The molecule has 0 spiro atoms. The molecule has 1 saturated carbocycles. The van der Waals surface area contributed by atoms with Crippen molar-refractivity contribution in [3.63, 3.8) is 0 Å². The Morgan fingerprint density at radius 2 is 1.93 bits per heavy atom. The quantitative estimate of drug-likeness (QED) is 0.289. The molecule has 214 valence electrons. The van der Waals surface area contributed by atoms with Gasteiger partial charge in [-0.2, -0.15) is 0 Å². The average molecular weight is 575 g/mol. The minimum Gasteiger partial charge on any atom is -0.493 e. The Bertz CT molecular complexity index is 1470. The molecule has 41 heavy (non-hydrogen) atoms. The van der Waals surface area contributed by atoms with E-state index in [0.717, 1.165) is 48.2 Å². The van der Waals surface area contributed by atoms with Crippen LogP contribution in [0.4, 0.5) is 5.69 Å². The second-order valence-electron chi connectivity index (χ2n) is 10.1. The number of thiophene rings is 1. The highest BCUT2D eigenvalue weighted by Gasteiger charge is 2.37. The van der Waals surface area contributed by atoms with Gasteiger partial charge in [-0.05, 0) is 71.5 Å². The summed E-state index contributed by atoms with van der Waals surface area (Å²) in [5.41, 5.74) is 2.73. The average Bonchev–Trinajstić information content (AvgIpc) is 3.71. The Hall–Kier alpha value is -4.25. The minimum atomic E-state index is -1.01. The molecule has 10 nitrogen and oxygen atoms in total. The Morgan fingerprint density at radius 3 is 2.59 bits per heavy atom. The van der Waals surface area contributed by atoms with Gasteiger partial charge in [0.25, 0.3) is 0 Å². The van der Waals surface area contributed by atoms with E-state index in [4.69, 9.17) is 9.47 Å². The number of benzene rings is 2. The third-order valence-electron chi connectivity index (χ3n) is 7.41. The third kappa shape index (κ3) is 6.25. The second kappa shape index (κ2) is 12.9. The van der Waals surface area contributed by atoms with Gasteiger partial charge >= 0.3 is 0 Å². The second-order valence-corrected chi connectivity index (χ2v) is 11.1. The monoisotopic (exact) mass is 574 g/mol. The van der Waals surface area contributed by atoms with Crippen molar-refractivity contribution < 1.29 is 19.1 Å². The molecular formula is C30H34N6O4S. The van der Waals surface area contributed by atoms with Crippen molar-refractivity contribution >= 4 is 28.8 Å². The molecule has 0 saturated heterocycles. The topological polar surface area (TPSA) is 111 Å². The summed E-state index contributed by atoms with van der Waals surface area (Å²) in [5.74, 6) is 0.423. The molecule has 1 N–H and O–H groups in total.